The van der Waals surface area contributed by atoms with Crippen LogP contribution in [-0.4, -0.2) is 26.1 Å². The van der Waals surface area contributed by atoms with E-state index in [1.807, 2.05) is 6.92 Å². The van der Waals surface area contributed by atoms with E-state index < -0.39 is 12.6 Å². The largest absolute Gasteiger partial charge is 0.389 e. The number of aryl methyl sites for hydroxylation is 1. The Bertz CT molecular complexity index is 574. The number of anilines is 1. The molecule has 0 unspecified atom stereocenters. The zero-order valence-electron chi connectivity index (χ0n) is 11.3. The number of rotatable bonds is 5. The molecule has 0 amide bonds. The van der Waals surface area contributed by atoms with Crippen molar-refractivity contribution in [1.29, 1.82) is 0 Å². The minimum Gasteiger partial charge on any atom is -0.346 e. The molecule has 2 rings (SSSR count). The molecule has 2 heterocycles. The van der Waals surface area contributed by atoms with Gasteiger partial charge in [0, 0.05) is 24.5 Å². The molecule has 0 aromatic carbocycles. The average molecular weight is 297 g/mol. The van der Waals surface area contributed by atoms with Gasteiger partial charge >= 0.3 is 6.18 Å². The standard InChI is InChI=1S/C13H14F3N5/c1-9(11-4-6-17-8-19-11)20-12-18-7-3-10(21-12)2-5-13(14,15)16/h3-4,6-9H,2,5H2,1H3,(H,18,20,21)/t9-/m0/s1. The van der Waals surface area contributed by atoms with Crippen LogP contribution in [0.3, 0.4) is 0 Å². The van der Waals surface area contributed by atoms with E-state index in [4.69, 9.17) is 0 Å². The molecule has 1 atom stereocenters. The SMILES string of the molecule is C[C@H](Nc1nccc(CCC(F)(F)F)n1)c1ccncn1. The summed E-state index contributed by atoms with van der Waals surface area (Å²) < 4.78 is 36.6. The van der Waals surface area contributed by atoms with Crippen molar-refractivity contribution in [2.45, 2.75) is 32.0 Å². The van der Waals surface area contributed by atoms with Gasteiger partial charge in [0.25, 0.3) is 0 Å². The average Bonchev–Trinajstić information content (AvgIpc) is 2.46. The van der Waals surface area contributed by atoms with Gasteiger partial charge in [0.2, 0.25) is 5.95 Å². The van der Waals surface area contributed by atoms with Crippen LogP contribution in [0.2, 0.25) is 0 Å². The van der Waals surface area contributed by atoms with Gasteiger partial charge in [-0.3, -0.25) is 0 Å². The van der Waals surface area contributed by atoms with E-state index in [2.05, 4.69) is 25.3 Å². The summed E-state index contributed by atoms with van der Waals surface area (Å²) in [6.07, 6.45) is -0.775. The Kier molecular flexibility index (Phi) is 4.66. The minimum absolute atomic E-state index is 0.164. The Hall–Kier alpha value is -2.25. The zero-order chi connectivity index (χ0) is 15.3. The molecule has 0 saturated heterocycles. The molecule has 0 spiro atoms. The van der Waals surface area contributed by atoms with Crippen LogP contribution in [0, 0.1) is 0 Å². The van der Waals surface area contributed by atoms with Crippen LogP contribution in [0.25, 0.3) is 0 Å². The van der Waals surface area contributed by atoms with Crippen molar-refractivity contribution in [2.75, 3.05) is 5.32 Å². The first-order valence-corrected chi connectivity index (χ1v) is 6.35. The van der Waals surface area contributed by atoms with Crippen LogP contribution in [0.5, 0.6) is 0 Å². The molecule has 0 radical (unpaired) electrons. The van der Waals surface area contributed by atoms with E-state index in [1.165, 1.54) is 18.6 Å². The Balaban J connectivity index is 2.01. The fourth-order valence-electron chi connectivity index (χ4n) is 1.70. The van der Waals surface area contributed by atoms with Crippen LogP contribution < -0.4 is 5.32 Å². The summed E-state index contributed by atoms with van der Waals surface area (Å²) in [4.78, 5) is 16.0. The molecule has 8 heteroatoms. The van der Waals surface area contributed by atoms with Gasteiger partial charge in [-0.2, -0.15) is 13.2 Å². The fraction of sp³-hybridized carbons (Fsp3) is 0.385. The summed E-state index contributed by atoms with van der Waals surface area (Å²) in [5.41, 5.74) is 1.09. The smallest absolute Gasteiger partial charge is 0.346 e. The predicted molar refractivity (Wildman–Crippen MR) is 70.5 cm³/mol. The van der Waals surface area contributed by atoms with Crippen molar-refractivity contribution in [3.8, 4) is 0 Å². The Morgan fingerprint density at radius 3 is 2.67 bits per heavy atom. The molecule has 0 aliphatic heterocycles. The van der Waals surface area contributed by atoms with E-state index in [9.17, 15) is 13.2 Å². The number of nitrogens with zero attached hydrogens (tertiary/aromatic N) is 4. The number of nitrogens with one attached hydrogen (secondary N) is 1. The van der Waals surface area contributed by atoms with Crippen LogP contribution in [0.15, 0.2) is 30.9 Å². The topological polar surface area (TPSA) is 63.6 Å². The van der Waals surface area contributed by atoms with Gasteiger partial charge in [0.1, 0.15) is 6.33 Å². The van der Waals surface area contributed by atoms with Gasteiger partial charge in [-0.1, -0.05) is 0 Å². The molecular weight excluding hydrogens is 283 g/mol. The highest BCUT2D eigenvalue weighted by Gasteiger charge is 2.26. The first kappa shape index (κ1) is 15.1. The highest BCUT2D eigenvalue weighted by atomic mass is 19.4. The van der Waals surface area contributed by atoms with Gasteiger partial charge < -0.3 is 5.32 Å². The molecule has 5 nitrogen and oxygen atoms in total. The summed E-state index contributed by atoms with van der Waals surface area (Å²) >= 11 is 0. The van der Waals surface area contributed by atoms with E-state index >= 15 is 0 Å². The first-order chi connectivity index (χ1) is 9.94. The lowest BCUT2D eigenvalue weighted by molar-refractivity contribution is -0.134. The number of alkyl halides is 3. The lowest BCUT2D eigenvalue weighted by Crippen LogP contribution is -2.13. The van der Waals surface area contributed by atoms with Crippen LogP contribution in [-0.2, 0) is 6.42 Å². The third-order valence-electron chi connectivity index (χ3n) is 2.77. The van der Waals surface area contributed by atoms with Crippen molar-refractivity contribution in [2.24, 2.45) is 0 Å². The molecule has 2 aromatic heterocycles. The van der Waals surface area contributed by atoms with Gasteiger partial charge in [-0.15, -0.1) is 0 Å². The first-order valence-electron chi connectivity index (χ1n) is 6.35. The molecular formula is C13H14F3N5. The number of hydrogen-bond donors (Lipinski definition) is 1. The molecule has 1 N–H and O–H groups in total. The van der Waals surface area contributed by atoms with Crippen molar-refractivity contribution in [3.05, 3.63) is 42.2 Å². The highest BCUT2D eigenvalue weighted by molar-refractivity contribution is 5.29. The Labute approximate surface area is 119 Å². The van der Waals surface area contributed by atoms with E-state index in [1.54, 1.807) is 12.3 Å². The molecule has 2 aromatic rings. The number of aromatic nitrogens is 4. The maximum atomic E-state index is 12.2. The maximum absolute atomic E-state index is 12.2. The Morgan fingerprint density at radius 2 is 2.00 bits per heavy atom. The molecule has 21 heavy (non-hydrogen) atoms. The molecule has 0 fully saturated rings. The van der Waals surface area contributed by atoms with E-state index in [0.29, 0.717) is 5.69 Å². The Morgan fingerprint density at radius 1 is 1.19 bits per heavy atom. The monoisotopic (exact) mass is 297 g/mol. The molecule has 0 bridgehead atoms. The fourth-order valence-corrected chi connectivity index (χ4v) is 1.70. The lowest BCUT2D eigenvalue weighted by atomic mass is 10.2. The molecule has 0 aliphatic carbocycles. The van der Waals surface area contributed by atoms with Crippen LogP contribution in [0.1, 0.15) is 30.8 Å². The van der Waals surface area contributed by atoms with E-state index in [-0.39, 0.29) is 18.4 Å². The van der Waals surface area contributed by atoms with Gasteiger partial charge in [0.15, 0.2) is 0 Å². The van der Waals surface area contributed by atoms with Gasteiger partial charge in [-0.05, 0) is 25.5 Å². The quantitative estimate of drug-likeness (QED) is 0.919. The minimum atomic E-state index is -4.19. The van der Waals surface area contributed by atoms with Gasteiger partial charge in [0.05, 0.1) is 11.7 Å². The third kappa shape index (κ3) is 4.97. The molecule has 112 valence electrons. The summed E-state index contributed by atoms with van der Waals surface area (Å²) in [6, 6.07) is 3.04. The van der Waals surface area contributed by atoms with Crippen LogP contribution >= 0.6 is 0 Å². The molecule has 0 saturated carbocycles. The normalized spacial score (nSPS) is 13.0. The lowest BCUT2D eigenvalue weighted by Gasteiger charge is -2.13. The second-order valence-corrected chi connectivity index (χ2v) is 4.49. The summed E-state index contributed by atoms with van der Waals surface area (Å²) in [5.74, 6) is 0.279. The summed E-state index contributed by atoms with van der Waals surface area (Å²) in [7, 11) is 0. The maximum Gasteiger partial charge on any atom is 0.389 e. The van der Waals surface area contributed by atoms with Crippen LogP contribution in [0.4, 0.5) is 19.1 Å². The number of halogens is 3. The van der Waals surface area contributed by atoms with E-state index in [0.717, 1.165) is 5.69 Å². The van der Waals surface area contributed by atoms with Crippen molar-refractivity contribution in [1.82, 2.24) is 19.9 Å². The zero-order valence-corrected chi connectivity index (χ0v) is 11.3. The second-order valence-electron chi connectivity index (χ2n) is 4.49. The van der Waals surface area contributed by atoms with Crippen molar-refractivity contribution >= 4 is 5.95 Å². The number of hydrogen-bond acceptors (Lipinski definition) is 5. The summed E-state index contributed by atoms with van der Waals surface area (Å²) in [6.45, 7) is 1.86. The third-order valence-corrected chi connectivity index (χ3v) is 2.77. The predicted octanol–water partition coefficient (Wildman–Crippen LogP) is 2.93. The van der Waals surface area contributed by atoms with Crippen molar-refractivity contribution in [3.63, 3.8) is 0 Å². The molecule has 0 aliphatic rings. The summed E-state index contributed by atoms with van der Waals surface area (Å²) in [5, 5.41) is 3.00. The van der Waals surface area contributed by atoms with Crippen molar-refractivity contribution < 1.29 is 13.2 Å². The highest BCUT2D eigenvalue weighted by Crippen LogP contribution is 2.22. The van der Waals surface area contributed by atoms with Gasteiger partial charge in [-0.25, -0.2) is 19.9 Å². The second kappa shape index (κ2) is 6.47.